The van der Waals surface area contributed by atoms with Gasteiger partial charge in [0.05, 0.1) is 13.2 Å². The van der Waals surface area contributed by atoms with Crippen LogP contribution in [0.5, 0.6) is 0 Å². The number of hydrogen-bond acceptors (Lipinski definition) is 3. The van der Waals surface area contributed by atoms with Crippen molar-refractivity contribution in [3.05, 3.63) is 30.1 Å². The molecule has 0 aromatic carbocycles. The van der Waals surface area contributed by atoms with Gasteiger partial charge in [-0.3, -0.25) is 0 Å². The average molecular weight is 247 g/mol. The van der Waals surface area contributed by atoms with Crippen LogP contribution in [-0.4, -0.2) is 46.2 Å². The van der Waals surface area contributed by atoms with Crippen molar-refractivity contribution in [3.63, 3.8) is 0 Å². The van der Waals surface area contributed by atoms with Crippen molar-refractivity contribution < 1.29 is 4.74 Å². The van der Waals surface area contributed by atoms with Gasteiger partial charge in [0, 0.05) is 36.4 Å². The molecule has 0 radical (unpaired) electrons. The van der Waals surface area contributed by atoms with Gasteiger partial charge in [-0.15, -0.1) is 0 Å². The van der Waals surface area contributed by atoms with E-state index >= 15 is 0 Å². The minimum atomic E-state index is 0.751. The molecule has 0 amide bonds. The third-order valence-corrected chi connectivity index (χ3v) is 3.46. The Labute approximate surface area is 105 Å². The molecule has 0 bridgehead atoms. The van der Waals surface area contributed by atoms with E-state index in [-0.39, 0.29) is 0 Å². The Hall–Kier alpha value is -1.46. The van der Waals surface area contributed by atoms with Crippen LogP contribution in [0.3, 0.4) is 0 Å². The molecule has 0 aliphatic carbocycles. The Balaban J connectivity index is 1.95. The normalized spacial score (nSPS) is 16.4. The van der Waals surface area contributed by atoms with Crippen molar-refractivity contribution in [2.75, 3.05) is 26.3 Å². The van der Waals surface area contributed by atoms with Gasteiger partial charge < -0.3 is 14.6 Å². The van der Waals surface area contributed by atoms with Crippen molar-refractivity contribution in [2.24, 2.45) is 0 Å². The highest BCUT2D eigenvalue weighted by Crippen LogP contribution is 2.18. The summed E-state index contributed by atoms with van der Waals surface area (Å²) in [5.74, 6) is 0. The number of H-pyrrole nitrogens is 1. The van der Waals surface area contributed by atoms with E-state index in [0.29, 0.717) is 0 Å². The Morgan fingerprint density at radius 2 is 2.24 bits per heavy atom. The SMILES string of the molecule is S=C(c1c[nH]c2ncccc12)N1CCOCC1. The van der Waals surface area contributed by atoms with E-state index in [1.807, 2.05) is 18.3 Å². The fourth-order valence-corrected chi connectivity index (χ4v) is 2.42. The fourth-order valence-electron chi connectivity index (χ4n) is 2.07. The maximum absolute atomic E-state index is 5.54. The van der Waals surface area contributed by atoms with Gasteiger partial charge in [0.15, 0.2) is 0 Å². The van der Waals surface area contributed by atoms with E-state index in [2.05, 4.69) is 14.9 Å². The summed E-state index contributed by atoms with van der Waals surface area (Å²) in [5, 5.41) is 1.09. The van der Waals surface area contributed by atoms with Crippen LogP contribution in [-0.2, 0) is 4.74 Å². The molecular weight excluding hydrogens is 234 g/mol. The third-order valence-electron chi connectivity index (χ3n) is 2.98. The number of nitrogens with one attached hydrogen (secondary N) is 1. The van der Waals surface area contributed by atoms with Crippen LogP contribution in [0.25, 0.3) is 11.0 Å². The van der Waals surface area contributed by atoms with E-state index in [9.17, 15) is 0 Å². The van der Waals surface area contributed by atoms with Gasteiger partial charge in [0.25, 0.3) is 0 Å². The summed E-state index contributed by atoms with van der Waals surface area (Å²) in [7, 11) is 0. The molecule has 17 heavy (non-hydrogen) atoms. The predicted molar refractivity (Wildman–Crippen MR) is 70.2 cm³/mol. The summed E-state index contributed by atoms with van der Waals surface area (Å²) in [6.07, 6.45) is 3.72. The molecule has 2 aromatic rings. The molecule has 1 aliphatic rings. The second kappa shape index (κ2) is 4.43. The number of hydrogen-bond donors (Lipinski definition) is 1. The molecular formula is C12H13N3OS. The maximum atomic E-state index is 5.54. The summed E-state index contributed by atoms with van der Waals surface area (Å²) in [4.78, 5) is 10.5. The van der Waals surface area contributed by atoms with Crippen LogP contribution in [0.1, 0.15) is 5.56 Å². The maximum Gasteiger partial charge on any atom is 0.137 e. The lowest BCUT2D eigenvalue weighted by Crippen LogP contribution is -2.40. The van der Waals surface area contributed by atoms with Crippen molar-refractivity contribution in [1.82, 2.24) is 14.9 Å². The van der Waals surface area contributed by atoms with E-state index in [1.165, 1.54) is 0 Å². The van der Waals surface area contributed by atoms with Crippen LogP contribution in [0.15, 0.2) is 24.5 Å². The molecule has 2 aromatic heterocycles. The Morgan fingerprint density at radius 1 is 1.41 bits per heavy atom. The standard InChI is InChI=1S/C12H13N3OS/c17-12(15-4-6-16-7-5-15)10-8-14-11-9(10)2-1-3-13-11/h1-3,8H,4-7H2,(H,13,14). The van der Waals surface area contributed by atoms with Crippen LogP contribution < -0.4 is 0 Å². The molecule has 0 saturated carbocycles. The number of nitrogens with zero attached hydrogens (tertiary/aromatic N) is 2. The number of ether oxygens (including phenoxy) is 1. The van der Waals surface area contributed by atoms with E-state index in [4.69, 9.17) is 17.0 Å². The Morgan fingerprint density at radius 3 is 3.06 bits per heavy atom. The van der Waals surface area contributed by atoms with Crippen LogP contribution >= 0.6 is 12.2 Å². The highest BCUT2D eigenvalue weighted by atomic mass is 32.1. The summed E-state index contributed by atoms with van der Waals surface area (Å²) >= 11 is 5.54. The minimum Gasteiger partial charge on any atom is -0.378 e. The monoisotopic (exact) mass is 247 g/mol. The number of pyridine rings is 1. The first-order chi connectivity index (χ1) is 8.36. The van der Waals surface area contributed by atoms with Crippen LogP contribution in [0, 0.1) is 0 Å². The molecule has 1 aliphatic heterocycles. The lowest BCUT2D eigenvalue weighted by atomic mass is 10.2. The van der Waals surface area contributed by atoms with Crippen LogP contribution in [0.2, 0.25) is 0 Å². The van der Waals surface area contributed by atoms with Gasteiger partial charge in [-0.1, -0.05) is 12.2 Å². The number of rotatable bonds is 1. The van der Waals surface area contributed by atoms with Gasteiger partial charge in [-0.05, 0) is 12.1 Å². The number of aromatic nitrogens is 2. The number of morpholine rings is 1. The van der Waals surface area contributed by atoms with Gasteiger partial charge in [-0.25, -0.2) is 4.98 Å². The van der Waals surface area contributed by atoms with Gasteiger partial charge in [0.2, 0.25) is 0 Å². The summed E-state index contributed by atoms with van der Waals surface area (Å²) in [6, 6.07) is 3.97. The molecule has 1 fully saturated rings. The second-order valence-corrected chi connectivity index (χ2v) is 4.39. The minimum absolute atomic E-state index is 0.751. The second-order valence-electron chi connectivity index (χ2n) is 4.01. The highest BCUT2D eigenvalue weighted by molar-refractivity contribution is 7.80. The van der Waals surface area contributed by atoms with E-state index in [1.54, 1.807) is 6.20 Å². The summed E-state index contributed by atoms with van der Waals surface area (Å²) in [6.45, 7) is 3.24. The molecule has 1 saturated heterocycles. The van der Waals surface area contributed by atoms with Gasteiger partial charge in [0.1, 0.15) is 10.6 Å². The lowest BCUT2D eigenvalue weighted by Gasteiger charge is -2.28. The largest absolute Gasteiger partial charge is 0.378 e. The summed E-state index contributed by atoms with van der Waals surface area (Å²) in [5.41, 5.74) is 1.95. The van der Waals surface area contributed by atoms with Crippen molar-refractivity contribution >= 4 is 28.2 Å². The quantitative estimate of drug-likeness (QED) is 0.777. The smallest absolute Gasteiger partial charge is 0.137 e. The Kier molecular flexibility index (Phi) is 2.78. The Bertz CT molecular complexity index is 545. The molecule has 1 N–H and O–H groups in total. The first kappa shape index (κ1) is 10.7. The van der Waals surface area contributed by atoms with Gasteiger partial charge >= 0.3 is 0 Å². The topological polar surface area (TPSA) is 41.2 Å². The molecule has 3 rings (SSSR count). The van der Waals surface area contributed by atoms with Crippen molar-refractivity contribution in [1.29, 1.82) is 0 Å². The zero-order chi connectivity index (χ0) is 11.7. The summed E-state index contributed by atoms with van der Waals surface area (Å²) < 4.78 is 5.33. The molecule has 3 heterocycles. The van der Waals surface area contributed by atoms with Crippen LogP contribution in [0.4, 0.5) is 0 Å². The average Bonchev–Trinajstić information content (AvgIpc) is 2.83. The third kappa shape index (κ3) is 1.92. The number of aromatic amines is 1. The van der Waals surface area contributed by atoms with E-state index < -0.39 is 0 Å². The molecule has 0 atom stereocenters. The van der Waals surface area contributed by atoms with Crippen molar-refractivity contribution in [3.8, 4) is 0 Å². The zero-order valence-corrected chi connectivity index (χ0v) is 10.2. The molecule has 0 spiro atoms. The predicted octanol–water partition coefficient (Wildman–Crippen LogP) is 1.57. The molecule has 5 heteroatoms. The zero-order valence-electron chi connectivity index (χ0n) is 9.35. The highest BCUT2D eigenvalue weighted by Gasteiger charge is 2.17. The van der Waals surface area contributed by atoms with E-state index in [0.717, 1.165) is 47.9 Å². The fraction of sp³-hybridized carbons (Fsp3) is 0.333. The number of thiocarbonyl (C=S) groups is 1. The van der Waals surface area contributed by atoms with Gasteiger partial charge in [-0.2, -0.15) is 0 Å². The van der Waals surface area contributed by atoms with Crippen molar-refractivity contribution in [2.45, 2.75) is 0 Å². The number of fused-ring (bicyclic) bond motifs is 1. The first-order valence-electron chi connectivity index (χ1n) is 5.65. The first-order valence-corrected chi connectivity index (χ1v) is 6.06. The molecule has 4 nitrogen and oxygen atoms in total. The lowest BCUT2D eigenvalue weighted by molar-refractivity contribution is 0.0693. The molecule has 88 valence electrons. The molecule has 0 unspecified atom stereocenters.